The number of aromatic nitrogens is 3. The van der Waals surface area contributed by atoms with Crippen molar-refractivity contribution in [2.24, 2.45) is 0 Å². The molecule has 0 unspecified atom stereocenters. The third-order valence-corrected chi connectivity index (χ3v) is 4.25. The number of aliphatic hydroxyl groups excluding tert-OH is 1. The highest BCUT2D eigenvalue weighted by molar-refractivity contribution is 5.94. The third-order valence-electron chi connectivity index (χ3n) is 4.25. The maximum Gasteiger partial charge on any atom is 0.123 e. The average Bonchev–Trinajstić information content (AvgIpc) is 3.11. The number of hydrogen-bond acceptors (Lipinski definition) is 3. The molecule has 128 valence electrons. The normalized spacial score (nSPS) is 12.2. The molecule has 0 aliphatic heterocycles. The number of rotatable bonds is 4. The van der Waals surface area contributed by atoms with Crippen LogP contribution in [0.3, 0.4) is 0 Å². The van der Waals surface area contributed by atoms with Gasteiger partial charge in [-0.3, -0.25) is 0 Å². The lowest BCUT2D eigenvalue weighted by Crippen LogP contribution is -2.07. The van der Waals surface area contributed by atoms with Crippen LogP contribution in [-0.2, 0) is 0 Å². The first-order valence-corrected chi connectivity index (χ1v) is 8.24. The summed E-state index contributed by atoms with van der Waals surface area (Å²) in [6, 6.07) is 23.3. The van der Waals surface area contributed by atoms with E-state index < -0.39 is 0 Å². The van der Waals surface area contributed by atoms with Crippen LogP contribution < -0.4 is 0 Å². The smallest absolute Gasteiger partial charge is 0.123 e. The van der Waals surface area contributed by atoms with Gasteiger partial charge in [-0.25, -0.2) is 9.07 Å². The molecule has 4 aromatic rings. The van der Waals surface area contributed by atoms with Gasteiger partial charge in [0.2, 0.25) is 0 Å². The molecule has 4 nitrogen and oxygen atoms in total. The molecular formula is C21H16FN3O. The predicted octanol–water partition coefficient (Wildman–Crippen LogP) is 3.98. The van der Waals surface area contributed by atoms with E-state index in [1.807, 2.05) is 54.6 Å². The maximum absolute atomic E-state index is 13.5. The molecule has 0 saturated carbocycles. The quantitative estimate of drug-likeness (QED) is 0.569. The molecule has 0 aliphatic rings. The van der Waals surface area contributed by atoms with Crippen molar-refractivity contribution in [2.75, 3.05) is 6.61 Å². The lowest BCUT2D eigenvalue weighted by Gasteiger charge is -2.15. The van der Waals surface area contributed by atoms with Crippen LogP contribution >= 0.6 is 0 Å². The van der Waals surface area contributed by atoms with E-state index >= 15 is 0 Å². The van der Waals surface area contributed by atoms with Crippen molar-refractivity contribution >= 4 is 22.3 Å². The van der Waals surface area contributed by atoms with Crippen molar-refractivity contribution in [3.63, 3.8) is 0 Å². The van der Waals surface area contributed by atoms with Gasteiger partial charge in [0.15, 0.2) is 0 Å². The molecular weight excluding hydrogens is 329 g/mol. The minimum Gasteiger partial charge on any atom is -0.392 e. The number of hydrogen-bond donors (Lipinski definition) is 1. The van der Waals surface area contributed by atoms with Crippen LogP contribution in [-0.4, -0.2) is 26.7 Å². The fourth-order valence-electron chi connectivity index (χ4n) is 3.01. The molecule has 1 N–H and O–H groups in total. The van der Waals surface area contributed by atoms with Crippen LogP contribution in [0.4, 0.5) is 4.39 Å². The van der Waals surface area contributed by atoms with Crippen molar-refractivity contribution < 1.29 is 9.50 Å². The summed E-state index contributed by atoms with van der Waals surface area (Å²) < 4.78 is 15.1. The molecule has 5 heteroatoms. The Bertz CT molecular complexity index is 1070. The maximum atomic E-state index is 13.5. The highest BCUT2D eigenvalue weighted by Crippen LogP contribution is 2.29. The monoisotopic (exact) mass is 345 g/mol. The summed E-state index contributed by atoms with van der Waals surface area (Å²) >= 11 is 0. The molecule has 4 rings (SSSR count). The van der Waals surface area contributed by atoms with Gasteiger partial charge in [0, 0.05) is 11.1 Å². The second kappa shape index (κ2) is 6.90. The summed E-state index contributed by atoms with van der Waals surface area (Å²) in [5.74, 6) is -0.318. The molecule has 1 heterocycles. The summed E-state index contributed by atoms with van der Waals surface area (Å²) in [7, 11) is 0. The van der Waals surface area contributed by atoms with Gasteiger partial charge in [0.25, 0.3) is 0 Å². The van der Waals surface area contributed by atoms with Gasteiger partial charge in [0.1, 0.15) is 11.3 Å². The predicted molar refractivity (Wildman–Crippen MR) is 99.7 cm³/mol. The van der Waals surface area contributed by atoms with Crippen LogP contribution in [0.25, 0.3) is 22.3 Å². The van der Waals surface area contributed by atoms with E-state index in [2.05, 4.69) is 10.3 Å². The van der Waals surface area contributed by atoms with Crippen molar-refractivity contribution in [1.82, 2.24) is 15.0 Å². The summed E-state index contributed by atoms with van der Waals surface area (Å²) in [4.78, 5) is 0. The minimum atomic E-state index is -0.318. The standard InChI is InChI=1S/C21H16FN3O/c22-17-12-10-16(11-13-17)21(18(14-26)15-6-2-1-3-7-15)25-20-9-5-4-8-19(20)23-24-25/h1-13,26H,14H2/b21-18+. The largest absolute Gasteiger partial charge is 0.392 e. The lowest BCUT2D eigenvalue weighted by molar-refractivity contribution is 0.350. The zero-order chi connectivity index (χ0) is 17.9. The highest BCUT2D eigenvalue weighted by Gasteiger charge is 2.17. The van der Waals surface area contributed by atoms with Crippen molar-refractivity contribution in [2.45, 2.75) is 0 Å². The van der Waals surface area contributed by atoms with Crippen LogP contribution in [0.5, 0.6) is 0 Å². The zero-order valence-electron chi connectivity index (χ0n) is 13.9. The van der Waals surface area contributed by atoms with E-state index in [0.717, 1.165) is 22.2 Å². The summed E-state index contributed by atoms with van der Waals surface area (Å²) in [5.41, 5.74) is 4.54. The second-order valence-electron chi connectivity index (χ2n) is 5.85. The molecule has 0 radical (unpaired) electrons. The van der Waals surface area contributed by atoms with Gasteiger partial charge in [-0.1, -0.05) is 47.7 Å². The van der Waals surface area contributed by atoms with E-state index in [0.29, 0.717) is 11.3 Å². The molecule has 0 fully saturated rings. The molecule has 0 aliphatic carbocycles. The van der Waals surface area contributed by atoms with Gasteiger partial charge in [-0.2, -0.15) is 0 Å². The number of halogens is 1. The Balaban J connectivity index is 2.04. The lowest BCUT2D eigenvalue weighted by atomic mass is 9.99. The highest BCUT2D eigenvalue weighted by atomic mass is 19.1. The summed E-state index contributed by atoms with van der Waals surface area (Å²) in [5, 5.41) is 18.7. The molecule has 0 spiro atoms. The summed E-state index contributed by atoms with van der Waals surface area (Å²) in [6.45, 7) is -0.190. The Kier molecular flexibility index (Phi) is 4.29. The minimum absolute atomic E-state index is 0.190. The Morgan fingerprint density at radius 2 is 1.54 bits per heavy atom. The van der Waals surface area contributed by atoms with Gasteiger partial charge >= 0.3 is 0 Å². The number of benzene rings is 3. The van der Waals surface area contributed by atoms with Gasteiger partial charge in [0.05, 0.1) is 17.8 Å². The fraction of sp³-hybridized carbons (Fsp3) is 0.0476. The van der Waals surface area contributed by atoms with Crippen LogP contribution in [0, 0.1) is 5.82 Å². The second-order valence-corrected chi connectivity index (χ2v) is 5.85. The van der Waals surface area contributed by atoms with Gasteiger partial charge in [-0.05, 0) is 42.0 Å². The molecule has 0 amide bonds. The SMILES string of the molecule is OC/C(=C(/c1ccc(F)cc1)n1nnc2ccccc21)c1ccccc1. The van der Waals surface area contributed by atoms with Crippen LogP contribution in [0.2, 0.25) is 0 Å². The van der Waals surface area contributed by atoms with E-state index in [9.17, 15) is 9.50 Å². The molecule has 0 bridgehead atoms. The fourth-order valence-corrected chi connectivity index (χ4v) is 3.01. The molecule has 0 saturated heterocycles. The first-order chi connectivity index (χ1) is 12.8. The Hall–Kier alpha value is -3.31. The first-order valence-electron chi connectivity index (χ1n) is 8.24. The van der Waals surface area contributed by atoms with E-state index in [1.165, 1.54) is 12.1 Å². The van der Waals surface area contributed by atoms with Crippen LogP contribution in [0.1, 0.15) is 11.1 Å². The van der Waals surface area contributed by atoms with E-state index in [4.69, 9.17) is 0 Å². The average molecular weight is 345 g/mol. The van der Waals surface area contributed by atoms with E-state index in [1.54, 1.807) is 16.8 Å². The van der Waals surface area contributed by atoms with E-state index in [-0.39, 0.29) is 12.4 Å². The van der Waals surface area contributed by atoms with Crippen molar-refractivity contribution in [3.05, 3.63) is 95.8 Å². The number of aliphatic hydroxyl groups is 1. The van der Waals surface area contributed by atoms with Gasteiger partial charge in [-0.15, -0.1) is 5.10 Å². The molecule has 26 heavy (non-hydrogen) atoms. The molecule has 1 aromatic heterocycles. The Morgan fingerprint density at radius 3 is 2.27 bits per heavy atom. The molecule has 3 aromatic carbocycles. The van der Waals surface area contributed by atoms with Gasteiger partial charge < -0.3 is 5.11 Å². The third kappa shape index (κ3) is 2.89. The zero-order valence-corrected chi connectivity index (χ0v) is 13.9. The number of fused-ring (bicyclic) bond motifs is 1. The first kappa shape index (κ1) is 16.2. The number of para-hydroxylation sites is 1. The molecule has 0 atom stereocenters. The van der Waals surface area contributed by atoms with Crippen molar-refractivity contribution in [3.8, 4) is 0 Å². The summed E-state index contributed by atoms with van der Waals surface area (Å²) in [6.07, 6.45) is 0. The topological polar surface area (TPSA) is 50.9 Å². The Morgan fingerprint density at radius 1 is 0.846 bits per heavy atom. The van der Waals surface area contributed by atoms with Crippen LogP contribution in [0.15, 0.2) is 78.9 Å². The number of nitrogens with zero attached hydrogens (tertiary/aromatic N) is 3. The Labute approximate surface area is 149 Å². The van der Waals surface area contributed by atoms with Crippen molar-refractivity contribution in [1.29, 1.82) is 0 Å².